The van der Waals surface area contributed by atoms with E-state index in [1.165, 1.54) is 24.3 Å². The van der Waals surface area contributed by atoms with Gasteiger partial charge in [0.1, 0.15) is 11.6 Å². The van der Waals surface area contributed by atoms with E-state index in [1.54, 1.807) is 30.3 Å². The lowest BCUT2D eigenvalue weighted by atomic mass is 10.1. The zero-order valence-corrected chi connectivity index (χ0v) is 15.1. The lowest BCUT2D eigenvalue weighted by Gasteiger charge is -2.14. The minimum atomic E-state index is -0.735. The molecule has 0 bridgehead atoms. The first-order valence-corrected chi connectivity index (χ1v) is 8.86. The molecule has 4 aromatic rings. The Kier molecular flexibility index (Phi) is 3.72. The summed E-state index contributed by atoms with van der Waals surface area (Å²) in [6, 6.07) is 14.7. The third-order valence-corrected chi connectivity index (χ3v) is 4.94. The predicted octanol–water partition coefficient (Wildman–Crippen LogP) is 4.08. The number of anilines is 1. The fourth-order valence-electron chi connectivity index (χ4n) is 3.49. The lowest BCUT2D eigenvalue weighted by molar-refractivity contribution is -0.384. The summed E-state index contributed by atoms with van der Waals surface area (Å²) >= 11 is 0. The zero-order valence-electron chi connectivity index (χ0n) is 15.1. The molecule has 8 nitrogen and oxygen atoms in total. The average Bonchev–Trinajstić information content (AvgIpc) is 3.27. The third kappa shape index (κ3) is 2.56. The van der Waals surface area contributed by atoms with Gasteiger partial charge in [-0.3, -0.25) is 19.7 Å². The standard InChI is InChI=1S/C21H11FN4O4/c22-15-3-1-2-14-18(15)21(28)25(20(14)27)12-6-4-11(5-7-12)19-23-16-9-8-13(26(29)30)10-17(16)24-19/h1-10H,(H,23,24). The van der Waals surface area contributed by atoms with Crippen molar-refractivity contribution in [1.82, 2.24) is 9.97 Å². The van der Waals surface area contributed by atoms with Crippen molar-refractivity contribution in [3.8, 4) is 11.4 Å². The van der Waals surface area contributed by atoms with Crippen LogP contribution in [0, 0.1) is 15.9 Å². The average molecular weight is 402 g/mol. The topological polar surface area (TPSA) is 109 Å². The van der Waals surface area contributed by atoms with Crippen LogP contribution in [-0.2, 0) is 0 Å². The molecule has 0 atom stereocenters. The van der Waals surface area contributed by atoms with Crippen molar-refractivity contribution in [2.75, 3.05) is 4.90 Å². The summed E-state index contributed by atoms with van der Waals surface area (Å²) in [5, 5.41) is 10.9. The van der Waals surface area contributed by atoms with Crippen LogP contribution in [0.3, 0.4) is 0 Å². The first-order valence-electron chi connectivity index (χ1n) is 8.86. The SMILES string of the molecule is O=C1c2cccc(F)c2C(=O)N1c1ccc(-c2nc3ccc([N+](=O)[O-])cc3[nH]2)cc1. The van der Waals surface area contributed by atoms with Gasteiger partial charge in [0.15, 0.2) is 0 Å². The largest absolute Gasteiger partial charge is 0.338 e. The molecule has 2 heterocycles. The first kappa shape index (κ1) is 17.7. The highest BCUT2D eigenvalue weighted by molar-refractivity contribution is 6.34. The molecule has 1 aromatic heterocycles. The number of benzene rings is 3. The van der Waals surface area contributed by atoms with E-state index in [9.17, 15) is 24.1 Å². The number of aromatic nitrogens is 2. The van der Waals surface area contributed by atoms with Gasteiger partial charge in [-0.25, -0.2) is 14.3 Å². The Morgan fingerprint density at radius 2 is 1.77 bits per heavy atom. The molecular formula is C21H11FN4O4. The van der Waals surface area contributed by atoms with E-state index in [0.29, 0.717) is 28.1 Å². The molecule has 1 N–H and O–H groups in total. The molecule has 5 rings (SSSR count). The number of nitro groups is 1. The van der Waals surface area contributed by atoms with E-state index in [2.05, 4.69) is 9.97 Å². The van der Waals surface area contributed by atoms with Gasteiger partial charge in [-0.15, -0.1) is 0 Å². The summed E-state index contributed by atoms with van der Waals surface area (Å²) in [6.45, 7) is 0. The van der Waals surface area contributed by atoms with Crippen LogP contribution in [0.5, 0.6) is 0 Å². The molecule has 146 valence electrons. The smallest absolute Gasteiger partial charge is 0.271 e. The number of carbonyl (C=O) groups is 2. The normalized spacial score (nSPS) is 13.2. The fourth-order valence-corrected chi connectivity index (χ4v) is 3.49. The van der Waals surface area contributed by atoms with E-state index >= 15 is 0 Å². The molecule has 0 saturated carbocycles. The van der Waals surface area contributed by atoms with Crippen LogP contribution in [0.2, 0.25) is 0 Å². The van der Waals surface area contributed by atoms with Gasteiger partial charge in [-0.2, -0.15) is 0 Å². The van der Waals surface area contributed by atoms with Crippen LogP contribution in [0.4, 0.5) is 15.8 Å². The van der Waals surface area contributed by atoms with Crippen molar-refractivity contribution in [3.05, 3.63) is 87.7 Å². The number of nitrogens with zero attached hydrogens (tertiary/aromatic N) is 3. The second-order valence-electron chi connectivity index (χ2n) is 6.70. The quantitative estimate of drug-likeness (QED) is 0.315. The van der Waals surface area contributed by atoms with Gasteiger partial charge in [0.2, 0.25) is 0 Å². The molecule has 1 aliphatic rings. The Balaban J connectivity index is 1.49. The van der Waals surface area contributed by atoms with Crippen LogP contribution in [0.25, 0.3) is 22.4 Å². The molecule has 0 radical (unpaired) electrons. The molecule has 0 fully saturated rings. The molecular weight excluding hydrogens is 391 g/mol. The van der Waals surface area contributed by atoms with E-state index in [1.807, 2.05) is 0 Å². The Morgan fingerprint density at radius 3 is 2.47 bits per heavy atom. The highest BCUT2D eigenvalue weighted by atomic mass is 19.1. The van der Waals surface area contributed by atoms with Crippen LogP contribution in [0.1, 0.15) is 20.7 Å². The molecule has 0 aliphatic carbocycles. The molecule has 0 saturated heterocycles. The third-order valence-electron chi connectivity index (χ3n) is 4.94. The molecule has 30 heavy (non-hydrogen) atoms. The highest BCUT2D eigenvalue weighted by Crippen LogP contribution is 2.31. The highest BCUT2D eigenvalue weighted by Gasteiger charge is 2.38. The van der Waals surface area contributed by atoms with E-state index in [0.717, 1.165) is 11.0 Å². The van der Waals surface area contributed by atoms with Crippen molar-refractivity contribution in [3.63, 3.8) is 0 Å². The number of nitro benzene ring substituents is 1. The van der Waals surface area contributed by atoms with Gasteiger partial charge in [-0.1, -0.05) is 6.07 Å². The maximum absolute atomic E-state index is 14.0. The Morgan fingerprint density at radius 1 is 1.00 bits per heavy atom. The number of halogens is 1. The zero-order chi connectivity index (χ0) is 21.0. The van der Waals surface area contributed by atoms with Crippen molar-refractivity contribution in [2.24, 2.45) is 0 Å². The van der Waals surface area contributed by atoms with Crippen LogP contribution >= 0.6 is 0 Å². The van der Waals surface area contributed by atoms with Crippen LogP contribution in [-0.4, -0.2) is 26.7 Å². The summed E-state index contributed by atoms with van der Waals surface area (Å²) in [4.78, 5) is 44.0. The molecule has 0 unspecified atom stereocenters. The van der Waals surface area contributed by atoms with Crippen LogP contribution in [0.15, 0.2) is 60.7 Å². The number of imidazole rings is 1. The summed E-state index contributed by atoms with van der Waals surface area (Å²) in [5.74, 6) is -1.55. The van der Waals surface area contributed by atoms with Crippen molar-refractivity contribution in [2.45, 2.75) is 0 Å². The predicted molar refractivity (Wildman–Crippen MR) is 106 cm³/mol. The van der Waals surface area contributed by atoms with E-state index in [-0.39, 0.29) is 16.8 Å². The van der Waals surface area contributed by atoms with Gasteiger partial charge in [0, 0.05) is 17.7 Å². The second-order valence-corrected chi connectivity index (χ2v) is 6.70. The fraction of sp³-hybridized carbons (Fsp3) is 0. The Labute approximate surface area is 167 Å². The molecule has 9 heteroatoms. The van der Waals surface area contributed by atoms with E-state index < -0.39 is 22.6 Å². The summed E-state index contributed by atoms with van der Waals surface area (Å²) < 4.78 is 14.0. The van der Waals surface area contributed by atoms with Crippen molar-refractivity contribution >= 4 is 34.2 Å². The monoisotopic (exact) mass is 402 g/mol. The number of hydrogen-bond acceptors (Lipinski definition) is 5. The summed E-state index contributed by atoms with van der Waals surface area (Å²) in [6.07, 6.45) is 0. The lowest BCUT2D eigenvalue weighted by Crippen LogP contribution is -2.29. The van der Waals surface area contributed by atoms with E-state index in [4.69, 9.17) is 0 Å². The van der Waals surface area contributed by atoms with Gasteiger partial charge in [0.05, 0.1) is 32.8 Å². The maximum atomic E-state index is 14.0. The Bertz CT molecular complexity index is 1380. The number of aromatic amines is 1. The maximum Gasteiger partial charge on any atom is 0.271 e. The van der Waals surface area contributed by atoms with Crippen molar-refractivity contribution < 1.29 is 18.9 Å². The first-order chi connectivity index (χ1) is 14.4. The molecule has 1 aliphatic heterocycles. The number of amides is 2. The number of nitrogens with one attached hydrogen (secondary N) is 1. The minimum absolute atomic E-state index is 0.0305. The summed E-state index contributed by atoms with van der Waals surface area (Å²) in [7, 11) is 0. The van der Waals surface area contributed by atoms with Gasteiger partial charge < -0.3 is 4.98 Å². The molecule has 2 amide bonds. The van der Waals surface area contributed by atoms with Gasteiger partial charge >= 0.3 is 0 Å². The number of rotatable bonds is 3. The number of fused-ring (bicyclic) bond motifs is 2. The molecule has 0 spiro atoms. The Hall–Kier alpha value is -4.40. The van der Waals surface area contributed by atoms with Crippen LogP contribution < -0.4 is 4.90 Å². The van der Waals surface area contributed by atoms with Gasteiger partial charge in [0.25, 0.3) is 17.5 Å². The number of imide groups is 1. The number of non-ortho nitro benzene ring substituents is 1. The minimum Gasteiger partial charge on any atom is -0.338 e. The van der Waals surface area contributed by atoms with Gasteiger partial charge in [-0.05, 0) is 42.5 Å². The van der Waals surface area contributed by atoms with Crippen molar-refractivity contribution in [1.29, 1.82) is 0 Å². The number of H-pyrrole nitrogens is 1. The number of hydrogen-bond donors (Lipinski definition) is 1. The molecule has 3 aromatic carbocycles. The summed E-state index contributed by atoms with van der Waals surface area (Å²) in [5.41, 5.74) is 1.78. The number of carbonyl (C=O) groups excluding carboxylic acids is 2. The second kappa shape index (κ2) is 6.31.